The van der Waals surface area contributed by atoms with E-state index in [1.165, 1.54) is 5.01 Å². The Morgan fingerprint density at radius 3 is 2.58 bits per heavy atom. The summed E-state index contributed by atoms with van der Waals surface area (Å²) in [6, 6.07) is 7.80. The highest BCUT2D eigenvalue weighted by Gasteiger charge is 2.22. The molecular formula is C22H29N7OS. The molecule has 1 aliphatic heterocycles. The van der Waals surface area contributed by atoms with Crippen molar-refractivity contribution in [3.8, 4) is 5.69 Å². The first kappa shape index (κ1) is 21.6. The van der Waals surface area contributed by atoms with Crippen LogP contribution < -0.4 is 0 Å². The van der Waals surface area contributed by atoms with Crippen LogP contribution in [0.3, 0.4) is 0 Å². The maximum atomic E-state index is 12.9. The lowest BCUT2D eigenvalue weighted by Crippen LogP contribution is -2.36. The Morgan fingerprint density at radius 1 is 1.10 bits per heavy atom. The van der Waals surface area contributed by atoms with E-state index in [4.69, 9.17) is 4.98 Å². The largest absolute Gasteiger partial charge is 0.341 e. The van der Waals surface area contributed by atoms with Crippen LogP contribution in [0.1, 0.15) is 43.5 Å². The molecule has 1 aromatic carbocycles. The van der Waals surface area contributed by atoms with Crippen LogP contribution in [0.5, 0.6) is 0 Å². The molecule has 0 N–H and O–H groups in total. The highest BCUT2D eigenvalue weighted by atomic mass is 32.1. The summed E-state index contributed by atoms with van der Waals surface area (Å²) in [4.78, 5) is 22.1. The molecule has 2 aromatic heterocycles. The van der Waals surface area contributed by atoms with Crippen LogP contribution in [0.2, 0.25) is 0 Å². The maximum absolute atomic E-state index is 12.9. The molecule has 1 fully saturated rings. The van der Waals surface area contributed by atoms with Crippen molar-refractivity contribution in [2.24, 2.45) is 0 Å². The number of aromatic nitrogens is 5. The van der Waals surface area contributed by atoms with Crippen molar-refractivity contribution in [1.82, 2.24) is 35.0 Å². The third kappa shape index (κ3) is 5.54. The van der Waals surface area contributed by atoms with Crippen molar-refractivity contribution in [3.05, 3.63) is 52.2 Å². The molecule has 1 amide bonds. The second-order valence-electron chi connectivity index (χ2n) is 9.00. The van der Waals surface area contributed by atoms with Crippen molar-refractivity contribution in [1.29, 1.82) is 0 Å². The van der Waals surface area contributed by atoms with E-state index in [0.717, 1.165) is 56.1 Å². The molecule has 3 aromatic rings. The summed E-state index contributed by atoms with van der Waals surface area (Å²) in [5, 5.41) is 14.5. The highest BCUT2D eigenvalue weighted by molar-refractivity contribution is 7.09. The lowest BCUT2D eigenvalue weighted by atomic mass is 9.98. The smallest absolute Gasteiger partial charge is 0.227 e. The molecular weight excluding hydrogens is 410 g/mol. The summed E-state index contributed by atoms with van der Waals surface area (Å²) in [5.74, 6) is 0.181. The highest BCUT2D eigenvalue weighted by Crippen LogP contribution is 2.26. The van der Waals surface area contributed by atoms with Gasteiger partial charge >= 0.3 is 0 Å². The van der Waals surface area contributed by atoms with Crippen molar-refractivity contribution in [2.75, 3.05) is 26.2 Å². The fourth-order valence-electron chi connectivity index (χ4n) is 3.66. The zero-order valence-corrected chi connectivity index (χ0v) is 19.2. The minimum atomic E-state index is 0.0926. The topological polar surface area (TPSA) is 80.0 Å². The van der Waals surface area contributed by atoms with E-state index in [9.17, 15) is 4.79 Å². The number of carbonyl (C=O) groups is 1. The van der Waals surface area contributed by atoms with E-state index in [2.05, 4.69) is 46.6 Å². The van der Waals surface area contributed by atoms with Gasteiger partial charge in [-0.15, -0.1) is 16.4 Å². The molecule has 31 heavy (non-hydrogen) atoms. The molecule has 0 aliphatic carbocycles. The van der Waals surface area contributed by atoms with Crippen LogP contribution in [0.25, 0.3) is 5.69 Å². The van der Waals surface area contributed by atoms with Gasteiger partial charge in [-0.2, -0.15) is 0 Å². The number of benzene rings is 1. The van der Waals surface area contributed by atoms with Gasteiger partial charge in [0.25, 0.3) is 0 Å². The SMILES string of the molecule is CC(C)(C)c1nc(CN2CCCN(C(=O)Cc3ccc(-n4cnnn4)cc3)CC2)cs1. The van der Waals surface area contributed by atoms with E-state index in [-0.39, 0.29) is 11.3 Å². The molecule has 0 radical (unpaired) electrons. The Labute approximate surface area is 186 Å². The lowest BCUT2D eigenvalue weighted by molar-refractivity contribution is -0.130. The molecule has 164 valence electrons. The number of hydrogen-bond acceptors (Lipinski definition) is 7. The van der Waals surface area contributed by atoms with Crippen LogP contribution >= 0.6 is 11.3 Å². The van der Waals surface area contributed by atoms with Crippen molar-refractivity contribution < 1.29 is 4.79 Å². The summed E-state index contributed by atoms with van der Waals surface area (Å²) in [6.07, 6.45) is 2.95. The molecule has 9 heteroatoms. The first-order valence-corrected chi connectivity index (χ1v) is 11.5. The van der Waals surface area contributed by atoms with E-state index in [1.807, 2.05) is 29.2 Å². The van der Waals surface area contributed by atoms with Crippen molar-refractivity contribution in [3.63, 3.8) is 0 Å². The number of hydrogen-bond donors (Lipinski definition) is 0. The monoisotopic (exact) mass is 439 g/mol. The van der Waals surface area contributed by atoms with E-state index in [0.29, 0.717) is 6.42 Å². The summed E-state index contributed by atoms with van der Waals surface area (Å²) in [7, 11) is 0. The minimum absolute atomic E-state index is 0.0926. The Kier molecular flexibility index (Phi) is 6.43. The number of thiazole rings is 1. The number of rotatable bonds is 5. The molecule has 8 nitrogen and oxygen atoms in total. The third-order valence-electron chi connectivity index (χ3n) is 5.43. The van der Waals surface area contributed by atoms with Gasteiger partial charge in [-0.1, -0.05) is 32.9 Å². The zero-order chi connectivity index (χ0) is 21.8. The predicted molar refractivity (Wildman–Crippen MR) is 120 cm³/mol. The Balaban J connectivity index is 1.30. The van der Waals surface area contributed by atoms with E-state index in [1.54, 1.807) is 22.3 Å². The van der Waals surface area contributed by atoms with E-state index < -0.39 is 0 Å². The fraction of sp³-hybridized carbons (Fsp3) is 0.500. The van der Waals surface area contributed by atoms with Crippen molar-refractivity contribution >= 4 is 17.2 Å². The number of tetrazole rings is 1. The average molecular weight is 440 g/mol. The summed E-state index contributed by atoms with van der Waals surface area (Å²) in [6.45, 7) is 10.9. The van der Waals surface area contributed by atoms with Crippen molar-refractivity contribution in [2.45, 2.75) is 45.6 Å². The molecule has 1 aliphatic rings. The maximum Gasteiger partial charge on any atom is 0.227 e. The van der Waals surface area contributed by atoms with Gasteiger partial charge in [0.05, 0.1) is 22.8 Å². The standard InChI is InChI=1S/C22H29N7OS/c1-22(2,3)21-24-18(15-31-21)14-27-9-4-10-28(12-11-27)20(30)13-17-5-7-19(8-6-17)29-16-23-25-26-29/h5-8,15-16H,4,9-14H2,1-3H3. The van der Waals surface area contributed by atoms with Crippen LogP contribution in [-0.2, 0) is 23.2 Å². The quantitative estimate of drug-likeness (QED) is 0.608. The number of nitrogens with zero attached hydrogens (tertiary/aromatic N) is 7. The molecule has 0 unspecified atom stereocenters. The van der Waals surface area contributed by atoms with Crippen LogP contribution in [0.15, 0.2) is 36.0 Å². The van der Waals surface area contributed by atoms with Gasteiger partial charge in [0, 0.05) is 43.5 Å². The van der Waals surface area contributed by atoms with Gasteiger partial charge in [0.2, 0.25) is 5.91 Å². The zero-order valence-electron chi connectivity index (χ0n) is 18.4. The molecule has 0 bridgehead atoms. The van der Waals surface area contributed by atoms with E-state index >= 15 is 0 Å². The van der Waals surface area contributed by atoms with Gasteiger partial charge in [-0.25, -0.2) is 9.67 Å². The first-order chi connectivity index (χ1) is 14.9. The second kappa shape index (κ2) is 9.23. The molecule has 0 atom stereocenters. The van der Waals surface area contributed by atoms with Crippen LogP contribution in [-0.4, -0.2) is 67.1 Å². The molecule has 4 rings (SSSR count). The van der Waals surface area contributed by atoms with Gasteiger partial charge in [0.15, 0.2) is 0 Å². The first-order valence-electron chi connectivity index (χ1n) is 10.7. The fourth-order valence-corrected chi connectivity index (χ4v) is 4.56. The third-order valence-corrected chi connectivity index (χ3v) is 6.74. The minimum Gasteiger partial charge on any atom is -0.341 e. The number of carbonyl (C=O) groups excluding carboxylic acids is 1. The Morgan fingerprint density at radius 2 is 1.90 bits per heavy atom. The average Bonchev–Trinajstić information content (AvgIpc) is 3.38. The molecule has 1 saturated heterocycles. The Hall–Kier alpha value is -2.65. The Bertz CT molecular complexity index is 992. The second-order valence-corrected chi connectivity index (χ2v) is 9.86. The summed E-state index contributed by atoms with van der Waals surface area (Å²) in [5.41, 5.74) is 3.11. The molecule has 0 saturated carbocycles. The van der Waals surface area contributed by atoms with Gasteiger partial charge in [-0.05, 0) is 34.5 Å². The van der Waals surface area contributed by atoms with Crippen LogP contribution in [0, 0.1) is 0 Å². The van der Waals surface area contributed by atoms with Gasteiger partial charge < -0.3 is 4.90 Å². The summed E-state index contributed by atoms with van der Waals surface area (Å²) >= 11 is 1.74. The number of amides is 1. The van der Waals surface area contributed by atoms with Gasteiger partial charge in [0.1, 0.15) is 6.33 Å². The molecule has 3 heterocycles. The van der Waals surface area contributed by atoms with Crippen LogP contribution in [0.4, 0.5) is 0 Å². The van der Waals surface area contributed by atoms with Gasteiger partial charge in [-0.3, -0.25) is 9.69 Å². The normalized spacial score (nSPS) is 15.8. The predicted octanol–water partition coefficient (Wildman–Crippen LogP) is 2.69. The molecule has 0 spiro atoms. The summed E-state index contributed by atoms with van der Waals surface area (Å²) < 4.78 is 1.60. The lowest BCUT2D eigenvalue weighted by Gasteiger charge is -2.22.